The van der Waals surface area contributed by atoms with Crippen LogP contribution in [0, 0.1) is 5.82 Å². The summed E-state index contributed by atoms with van der Waals surface area (Å²) in [6.45, 7) is 4.05. The van der Waals surface area contributed by atoms with Crippen molar-refractivity contribution >= 4 is 27.3 Å². The Balaban J connectivity index is 1.59. The van der Waals surface area contributed by atoms with Gasteiger partial charge in [-0.15, -0.1) is 0 Å². The molecule has 0 aliphatic carbocycles. The van der Waals surface area contributed by atoms with Crippen LogP contribution in [0.1, 0.15) is 17.3 Å². The van der Waals surface area contributed by atoms with Gasteiger partial charge in [-0.3, -0.25) is 9.52 Å². The molecule has 1 heterocycles. The van der Waals surface area contributed by atoms with Gasteiger partial charge in [0, 0.05) is 43.1 Å². The van der Waals surface area contributed by atoms with Crippen molar-refractivity contribution in [1.29, 1.82) is 0 Å². The Labute approximate surface area is 158 Å². The molecule has 1 saturated heterocycles. The van der Waals surface area contributed by atoms with E-state index in [1.165, 1.54) is 12.1 Å². The van der Waals surface area contributed by atoms with E-state index in [1.807, 2.05) is 0 Å². The van der Waals surface area contributed by atoms with Gasteiger partial charge in [0.25, 0.3) is 5.91 Å². The summed E-state index contributed by atoms with van der Waals surface area (Å²) in [5, 5.41) is 0. The molecule has 1 aliphatic heterocycles. The molecule has 8 heteroatoms. The van der Waals surface area contributed by atoms with Gasteiger partial charge in [-0.1, -0.05) is 0 Å². The number of hydrogen-bond donors (Lipinski definition) is 1. The minimum atomic E-state index is -3.34. The van der Waals surface area contributed by atoms with Crippen LogP contribution in [0.4, 0.5) is 15.8 Å². The number of carbonyl (C=O) groups is 1. The standard InChI is InChI=1S/C19H22FN3O3S/c1-2-27(25,26)21-17-7-3-15(4-8-17)19(24)23-13-11-22(12-14-23)18-9-5-16(20)6-10-18/h3-10,21H,2,11-14H2,1H3. The van der Waals surface area contributed by atoms with E-state index in [0.29, 0.717) is 37.4 Å². The molecule has 1 fully saturated rings. The highest BCUT2D eigenvalue weighted by Crippen LogP contribution is 2.19. The van der Waals surface area contributed by atoms with Gasteiger partial charge in [0.2, 0.25) is 10.0 Å². The molecule has 3 rings (SSSR count). The number of amides is 1. The number of benzene rings is 2. The molecule has 144 valence electrons. The lowest BCUT2D eigenvalue weighted by Gasteiger charge is -2.36. The highest BCUT2D eigenvalue weighted by Gasteiger charge is 2.22. The minimum Gasteiger partial charge on any atom is -0.368 e. The van der Waals surface area contributed by atoms with Gasteiger partial charge in [0.1, 0.15) is 5.82 Å². The van der Waals surface area contributed by atoms with Gasteiger partial charge in [-0.25, -0.2) is 12.8 Å². The smallest absolute Gasteiger partial charge is 0.253 e. The lowest BCUT2D eigenvalue weighted by atomic mass is 10.1. The molecule has 0 atom stereocenters. The zero-order valence-electron chi connectivity index (χ0n) is 15.1. The van der Waals surface area contributed by atoms with E-state index in [9.17, 15) is 17.6 Å². The lowest BCUT2D eigenvalue weighted by Crippen LogP contribution is -2.48. The maximum Gasteiger partial charge on any atom is 0.253 e. The largest absolute Gasteiger partial charge is 0.368 e. The number of sulfonamides is 1. The van der Waals surface area contributed by atoms with E-state index in [0.717, 1.165) is 5.69 Å². The highest BCUT2D eigenvalue weighted by atomic mass is 32.2. The number of rotatable bonds is 5. The van der Waals surface area contributed by atoms with Crippen molar-refractivity contribution in [2.24, 2.45) is 0 Å². The molecular formula is C19H22FN3O3S. The summed E-state index contributed by atoms with van der Waals surface area (Å²) in [7, 11) is -3.34. The summed E-state index contributed by atoms with van der Waals surface area (Å²) in [4.78, 5) is 16.5. The fourth-order valence-electron chi connectivity index (χ4n) is 2.93. The Morgan fingerprint density at radius 2 is 1.59 bits per heavy atom. The molecule has 6 nitrogen and oxygen atoms in total. The molecule has 0 bridgehead atoms. The van der Waals surface area contributed by atoms with E-state index in [2.05, 4.69) is 9.62 Å². The number of nitrogens with zero attached hydrogens (tertiary/aromatic N) is 2. The van der Waals surface area contributed by atoms with Crippen LogP contribution in [0.2, 0.25) is 0 Å². The van der Waals surface area contributed by atoms with Crippen LogP contribution < -0.4 is 9.62 Å². The van der Waals surface area contributed by atoms with Crippen LogP contribution in [0.25, 0.3) is 0 Å². The molecule has 0 aromatic heterocycles. The minimum absolute atomic E-state index is 0.00792. The Bertz CT molecular complexity index is 891. The second kappa shape index (κ2) is 7.96. The lowest BCUT2D eigenvalue weighted by molar-refractivity contribution is 0.0747. The van der Waals surface area contributed by atoms with Crippen molar-refractivity contribution in [3.8, 4) is 0 Å². The van der Waals surface area contributed by atoms with E-state index in [1.54, 1.807) is 48.2 Å². The van der Waals surface area contributed by atoms with Crippen molar-refractivity contribution in [3.63, 3.8) is 0 Å². The van der Waals surface area contributed by atoms with Gasteiger partial charge in [-0.2, -0.15) is 0 Å². The zero-order chi connectivity index (χ0) is 19.4. The molecule has 0 saturated carbocycles. The van der Waals surface area contributed by atoms with Crippen LogP contribution in [-0.4, -0.2) is 51.2 Å². The molecule has 1 amide bonds. The summed E-state index contributed by atoms with van der Waals surface area (Å²) >= 11 is 0. The molecule has 2 aromatic carbocycles. The first-order chi connectivity index (χ1) is 12.9. The molecule has 1 aliphatic rings. The second-order valence-electron chi connectivity index (χ2n) is 6.34. The third kappa shape index (κ3) is 4.77. The number of halogens is 1. The normalized spacial score (nSPS) is 14.9. The van der Waals surface area contributed by atoms with Gasteiger partial charge in [0.05, 0.1) is 5.75 Å². The van der Waals surface area contributed by atoms with Gasteiger partial charge in [-0.05, 0) is 55.5 Å². The first-order valence-corrected chi connectivity index (χ1v) is 10.4. The van der Waals surface area contributed by atoms with Crippen molar-refractivity contribution in [1.82, 2.24) is 4.90 Å². The average Bonchev–Trinajstić information content (AvgIpc) is 2.68. The Morgan fingerprint density at radius 3 is 2.15 bits per heavy atom. The molecule has 1 N–H and O–H groups in total. The van der Waals surface area contributed by atoms with E-state index >= 15 is 0 Å². The summed E-state index contributed by atoms with van der Waals surface area (Å²) in [5.74, 6) is -0.359. The summed E-state index contributed by atoms with van der Waals surface area (Å²) in [5.41, 5.74) is 1.90. The van der Waals surface area contributed by atoms with Crippen LogP contribution in [0.15, 0.2) is 48.5 Å². The van der Waals surface area contributed by atoms with Gasteiger partial charge in [0.15, 0.2) is 0 Å². The number of hydrogen-bond acceptors (Lipinski definition) is 4. The summed E-state index contributed by atoms with van der Waals surface area (Å²) < 4.78 is 38.7. The predicted molar refractivity (Wildman–Crippen MR) is 104 cm³/mol. The second-order valence-corrected chi connectivity index (χ2v) is 8.35. The number of piperazine rings is 1. The molecule has 27 heavy (non-hydrogen) atoms. The van der Waals surface area contributed by atoms with Crippen LogP contribution in [-0.2, 0) is 10.0 Å². The first kappa shape index (κ1) is 19.2. The molecular weight excluding hydrogens is 369 g/mol. The van der Waals surface area contributed by atoms with Crippen LogP contribution in [0.5, 0.6) is 0 Å². The van der Waals surface area contributed by atoms with Gasteiger partial charge >= 0.3 is 0 Å². The van der Waals surface area contributed by atoms with E-state index in [4.69, 9.17) is 0 Å². The highest BCUT2D eigenvalue weighted by molar-refractivity contribution is 7.92. The van der Waals surface area contributed by atoms with Crippen molar-refractivity contribution in [2.75, 3.05) is 41.6 Å². The molecule has 0 radical (unpaired) electrons. The molecule has 0 spiro atoms. The van der Waals surface area contributed by atoms with Crippen LogP contribution in [0.3, 0.4) is 0 Å². The fourth-order valence-corrected chi connectivity index (χ4v) is 3.57. The average molecular weight is 391 g/mol. The molecule has 0 unspecified atom stereocenters. The van der Waals surface area contributed by atoms with E-state index in [-0.39, 0.29) is 17.5 Å². The predicted octanol–water partition coefficient (Wildman–Crippen LogP) is 2.55. The maximum atomic E-state index is 13.0. The Kier molecular flexibility index (Phi) is 5.65. The van der Waals surface area contributed by atoms with Crippen LogP contribution >= 0.6 is 0 Å². The van der Waals surface area contributed by atoms with Gasteiger partial charge < -0.3 is 9.80 Å². The van der Waals surface area contributed by atoms with E-state index < -0.39 is 10.0 Å². The third-order valence-electron chi connectivity index (χ3n) is 4.54. The SMILES string of the molecule is CCS(=O)(=O)Nc1ccc(C(=O)N2CCN(c3ccc(F)cc3)CC2)cc1. The summed E-state index contributed by atoms with van der Waals surface area (Å²) in [6.07, 6.45) is 0. The number of nitrogens with one attached hydrogen (secondary N) is 1. The molecule has 2 aromatic rings. The topological polar surface area (TPSA) is 69.7 Å². The Morgan fingerprint density at radius 1 is 1.00 bits per heavy atom. The van der Waals surface area contributed by atoms with Crippen molar-refractivity contribution in [3.05, 3.63) is 59.9 Å². The van der Waals surface area contributed by atoms with Crippen molar-refractivity contribution < 1.29 is 17.6 Å². The summed E-state index contributed by atoms with van der Waals surface area (Å²) in [6, 6.07) is 12.8. The van der Waals surface area contributed by atoms with Crippen molar-refractivity contribution in [2.45, 2.75) is 6.92 Å². The zero-order valence-corrected chi connectivity index (χ0v) is 15.9. The Hall–Kier alpha value is -2.61. The number of carbonyl (C=O) groups excluding carboxylic acids is 1. The quantitative estimate of drug-likeness (QED) is 0.851. The first-order valence-electron chi connectivity index (χ1n) is 8.78. The monoisotopic (exact) mass is 391 g/mol. The number of anilines is 2. The fraction of sp³-hybridized carbons (Fsp3) is 0.316. The third-order valence-corrected chi connectivity index (χ3v) is 5.85. The maximum absolute atomic E-state index is 13.0.